The van der Waals surface area contributed by atoms with Gasteiger partial charge >= 0.3 is 0 Å². The Bertz CT molecular complexity index is 356. The number of nitrogens with one attached hydrogen (secondary N) is 1. The number of allylic oxidation sites excluding steroid dienone is 4. The van der Waals surface area contributed by atoms with Crippen molar-refractivity contribution in [3.05, 3.63) is 22.3 Å². The zero-order chi connectivity index (χ0) is 14.1. The van der Waals surface area contributed by atoms with Crippen LogP contribution in [-0.2, 0) is 0 Å². The Morgan fingerprint density at radius 1 is 1.06 bits per heavy atom. The summed E-state index contributed by atoms with van der Waals surface area (Å²) >= 11 is 0. The molecule has 0 amide bonds. The van der Waals surface area contributed by atoms with Crippen molar-refractivity contribution in [2.75, 3.05) is 27.2 Å². The van der Waals surface area contributed by atoms with Crippen molar-refractivity contribution < 1.29 is 0 Å². The highest BCUT2D eigenvalue weighted by Crippen LogP contribution is 2.47. The Morgan fingerprint density at radius 3 is 1.89 bits per heavy atom. The summed E-state index contributed by atoms with van der Waals surface area (Å²) in [6.45, 7) is 16.5. The van der Waals surface area contributed by atoms with E-state index in [1.165, 1.54) is 11.1 Å². The van der Waals surface area contributed by atoms with E-state index >= 15 is 0 Å². The molecule has 0 aromatic heterocycles. The second-order valence-corrected chi connectivity index (χ2v) is 10.9. The molecule has 0 saturated carbocycles. The SMILES string of the molecule is CNCCN(C)[Si](C)(C)C1C(C)=C(C)C(C)=C1C. The molecule has 1 N–H and O–H groups in total. The Hall–Kier alpha value is -0.383. The largest absolute Gasteiger partial charge is 0.325 e. The van der Waals surface area contributed by atoms with E-state index in [9.17, 15) is 0 Å². The summed E-state index contributed by atoms with van der Waals surface area (Å²) < 4.78 is 2.62. The van der Waals surface area contributed by atoms with Crippen LogP contribution in [0.1, 0.15) is 27.7 Å². The molecule has 0 aromatic carbocycles. The molecule has 1 aliphatic carbocycles. The molecule has 0 radical (unpaired) electrons. The van der Waals surface area contributed by atoms with Gasteiger partial charge in [0.25, 0.3) is 0 Å². The number of hydrogen-bond donors (Lipinski definition) is 1. The van der Waals surface area contributed by atoms with Crippen LogP contribution in [0.2, 0.25) is 18.6 Å². The van der Waals surface area contributed by atoms with Gasteiger partial charge in [-0.15, -0.1) is 0 Å². The van der Waals surface area contributed by atoms with Gasteiger partial charge in [0.15, 0.2) is 0 Å². The molecule has 18 heavy (non-hydrogen) atoms. The molecule has 0 unspecified atom stereocenters. The van der Waals surface area contributed by atoms with Crippen LogP contribution in [0.5, 0.6) is 0 Å². The molecule has 2 nitrogen and oxygen atoms in total. The highest BCUT2D eigenvalue weighted by atomic mass is 28.3. The van der Waals surface area contributed by atoms with Crippen LogP contribution in [0.25, 0.3) is 0 Å². The van der Waals surface area contributed by atoms with Crippen LogP contribution in [0.4, 0.5) is 0 Å². The van der Waals surface area contributed by atoms with E-state index in [1.807, 2.05) is 7.05 Å². The molecule has 0 spiro atoms. The summed E-state index contributed by atoms with van der Waals surface area (Å²) in [5, 5.41) is 3.26. The Balaban J connectivity index is 2.99. The minimum atomic E-state index is -1.44. The van der Waals surface area contributed by atoms with Crippen molar-refractivity contribution in [1.82, 2.24) is 9.88 Å². The van der Waals surface area contributed by atoms with E-state index in [0.29, 0.717) is 5.54 Å². The fourth-order valence-corrected chi connectivity index (χ4v) is 6.88. The van der Waals surface area contributed by atoms with Crippen molar-refractivity contribution in [1.29, 1.82) is 0 Å². The third kappa shape index (κ3) is 2.63. The lowest BCUT2D eigenvalue weighted by Crippen LogP contribution is -2.52. The third-order valence-electron chi connectivity index (χ3n) is 5.00. The normalized spacial score (nSPS) is 18.5. The van der Waals surface area contributed by atoms with Gasteiger partial charge in [-0.05, 0) is 52.9 Å². The van der Waals surface area contributed by atoms with Crippen molar-refractivity contribution in [2.24, 2.45) is 0 Å². The minimum absolute atomic E-state index is 0.694. The first-order chi connectivity index (χ1) is 8.25. The summed E-state index contributed by atoms with van der Waals surface area (Å²) in [7, 11) is 2.89. The van der Waals surface area contributed by atoms with Gasteiger partial charge in [0.2, 0.25) is 0 Å². The minimum Gasteiger partial charge on any atom is -0.325 e. The van der Waals surface area contributed by atoms with Gasteiger partial charge in [0.1, 0.15) is 8.24 Å². The summed E-state index contributed by atoms with van der Waals surface area (Å²) in [4.78, 5) is 0. The molecular weight excluding hydrogens is 236 g/mol. The Morgan fingerprint density at radius 2 is 1.50 bits per heavy atom. The Kier molecular flexibility index (Phi) is 4.98. The third-order valence-corrected chi connectivity index (χ3v) is 9.47. The molecule has 0 saturated heterocycles. The highest BCUT2D eigenvalue weighted by Gasteiger charge is 2.41. The molecule has 0 bridgehead atoms. The topological polar surface area (TPSA) is 15.3 Å². The molecule has 0 aliphatic heterocycles. The number of hydrogen-bond acceptors (Lipinski definition) is 2. The summed E-state index contributed by atoms with van der Waals surface area (Å²) in [5.41, 5.74) is 6.97. The van der Waals surface area contributed by atoms with Crippen LogP contribution in [0.3, 0.4) is 0 Å². The van der Waals surface area contributed by atoms with Crippen LogP contribution in [0.15, 0.2) is 22.3 Å². The zero-order valence-electron chi connectivity index (χ0n) is 13.4. The van der Waals surface area contributed by atoms with Gasteiger partial charge in [-0.3, -0.25) is 0 Å². The van der Waals surface area contributed by atoms with Crippen molar-refractivity contribution >= 4 is 8.24 Å². The molecule has 0 aromatic rings. The predicted octanol–water partition coefficient (Wildman–Crippen LogP) is 3.40. The predicted molar refractivity (Wildman–Crippen MR) is 84.5 cm³/mol. The highest BCUT2D eigenvalue weighted by molar-refractivity contribution is 6.77. The molecule has 0 fully saturated rings. The number of likely N-dealkylation sites (N-methyl/N-ethyl adjacent to an activating group) is 2. The van der Waals surface area contributed by atoms with E-state index in [1.54, 1.807) is 11.1 Å². The molecule has 1 rings (SSSR count). The molecule has 0 atom stereocenters. The summed E-state index contributed by atoms with van der Waals surface area (Å²) in [6, 6.07) is 0. The first-order valence-electron chi connectivity index (χ1n) is 6.96. The van der Waals surface area contributed by atoms with Crippen LogP contribution >= 0.6 is 0 Å². The smallest absolute Gasteiger partial charge is 0.133 e. The first-order valence-corrected chi connectivity index (χ1v) is 9.98. The first kappa shape index (κ1) is 15.7. The van der Waals surface area contributed by atoms with Crippen LogP contribution in [-0.4, -0.2) is 40.0 Å². The summed E-state index contributed by atoms with van der Waals surface area (Å²) in [5.74, 6) is 0. The van der Waals surface area contributed by atoms with Gasteiger partial charge in [-0.1, -0.05) is 24.2 Å². The summed E-state index contributed by atoms with van der Waals surface area (Å²) in [6.07, 6.45) is 0. The van der Waals surface area contributed by atoms with E-state index in [2.05, 4.69) is 57.7 Å². The quantitative estimate of drug-likeness (QED) is 0.767. The lowest BCUT2D eigenvalue weighted by atomic mass is 10.1. The van der Waals surface area contributed by atoms with Gasteiger partial charge in [-0.25, -0.2) is 0 Å². The van der Waals surface area contributed by atoms with E-state index in [0.717, 1.165) is 13.1 Å². The monoisotopic (exact) mass is 266 g/mol. The maximum atomic E-state index is 3.26. The average molecular weight is 267 g/mol. The second-order valence-electron chi connectivity index (χ2n) is 6.23. The average Bonchev–Trinajstić information content (AvgIpc) is 2.50. The van der Waals surface area contributed by atoms with Gasteiger partial charge < -0.3 is 9.88 Å². The van der Waals surface area contributed by atoms with Crippen molar-refractivity contribution in [3.63, 3.8) is 0 Å². The maximum absolute atomic E-state index is 3.26. The standard InChI is InChI=1S/C15H30N2Si/c1-11-12(2)14(4)15(13(11)3)18(7,8)17(6)10-9-16-5/h15-16H,9-10H2,1-8H3. The second kappa shape index (κ2) is 5.72. The molecule has 104 valence electrons. The van der Waals surface area contributed by atoms with Gasteiger partial charge in [-0.2, -0.15) is 0 Å². The molecule has 1 aliphatic rings. The van der Waals surface area contributed by atoms with E-state index in [4.69, 9.17) is 0 Å². The Labute approximate surface area is 114 Å². The van der Waals surface area contributed by atoms with Gasteiger partial charge in [0, 0.05) is 18.6 Å². The fraction of sp³-hybridized carbons (Fsp3) is 0.733. The van der Waals surface area contributed by atoms with E-state index in [-0.39, 0.29) is 0 Å². The van der Waals surface area contributed by atoms with Crippen molar-refractivity contribution in [2.45, 2.75) is 46.3 Å². The van der Waals surface area contributed by atoms with E-state index < -0.39 is 8.24 Å². The van der Waals surface area contributed by atoms with Crippen LogP contribution in [0, 0.1) is 0 Å². The lowest BCUT2D eigenvalue weighted by Gasteiger charge is -2.40. The number of nitrogens with zero attached hydrogens (tertiary/aromatic N) is 1. The molecule has 0 heterocycles. The number of rotatable bonds is 5. The van der Waals surface area contributed by atoms with Crippen LogP contribution < -0.4 is 5.32 Å². The zero-order valence-corrected chi connectivity index (χ0v) is 14.4. The maximum Gasteiger partial charge on any atom is 0.133 e. The fourth-order valence-electron chi connectivity index (χ4n) is 3.20. The van der Waals surface area contributed by atoms with Crippen molar-refractivity contribution in [3.8, 4) is 0 Å². The van der Waals surface area contributed by atoms with Gasteiger partial charge in [0.05, 0.1) is 0 Å². The molecule has 3 heteroatoms. The lowest BCUT2D eigenvalue weighted by molar-refractivity contribution is 0.489. The molecular formula is C15H30N2Si.